The molecule has 0 aliphatic rings. The molecular formula is C18H20ClFN2O3S. The third kappa shape index (κ3) is 5.03. The number of halogens is 2. The highest BCUT2D eigenvalue weighted by atomic mass is 35.5. The van der Waals surface area contributed by atoms with Crippen LogP contribution in [0.1, 0.15) is 37.0 Å². The van der Waals surface area contributed by atoms with Gasteiger partial charge in [0, 0.05) is 6.04 Å². The molecule has 5 nitrogen and oxygen atoms in total. The first-order valence-electron chi connectivity index (χ1n) is 8.12. The predicted octanol–water partition coefficient (Wildman–Crippen LogP) is 4.20. The van der Waals surface area contributed by atoms with Gasteiger partial charge in [-0.3, -0.25) is 4.79 Å². The molecule has 26 heavy (non-hydrogen) atoms. The zero-order chi connectivity index (χ0) is 19.3. The van der Waals surface area contributed by atoms with E-state index in [2.05, 4.69) is 10.0 Å². The van der Waals surface area contributed by atoms with Gasteiger partial charge in [0.1, 0.15) is 5.82 Å². The summed E-state index contributed by atoms with van der Waals surface area (Å²) in [4.78, 5) is 12.0. The smallest absolute Gasteiger partial charge is 0.257 e. The first-order valence-corrected chi connectivity index (χ1v) is 9.98. The Hall–Kier alpha value is -1.96. The van der Waals surface area contributed by atoms with E-state index in [1.807, 2.05) is 6.92 Å². The van der Waals surface area contributed by atoms with Gasteiger partial charge in [-0.15, -0.1) is 0 Å². The van der Waals surface area contributed by atoms with Gasteiger partial charge in [-0.25, -0.2) is 17.5 Å². The Bertz CT molecular complexity index is 903. The van der Waals surface area contributed by atoms with Gasteiger partial charge in [0.05, 0.1) is 21.2 Å². The number of carbonyl (C=O) groups excluding carboxylic acids is 1. The van der Waals surface area contributed by atoms with Crippen LogP contribution in [0.25, 0.3) is 0 Å². The van der Waals surface area contributed by atoms with Crippen molar-refractivity contribution >= 4 is 33.2 Å². The van der Waals surface area contributed by atoms with Crippen molar-refractivity contribution in [3.8, 4) is 0 Å². The van der Waals surface area contributed by atoms with Gasteiger partial charge in [-0.05, 0) is 43.7 Å². The Kier molecular flexibility index (Phi) is 6.75. The summed E-state index contributed by atoms with van der Waals surface area (Å²) in [6.07, 6.45) is 1.50. The molecule has 1 unspecified atom stereocenters. The molecule has 2 aromatic carbocycles. The van der Waals surface area contributed by atoms with Gasteiger partial charge < -0.3 is 5.32 Å². The molecule has 0 aromatic heterocycles. The lowest BCUT2D eigenvalue weighted by molar-refractivity contribution is 0.102. The highest BCUT2D eigenvalue weighted by Crippen LogP contribution is 2.22. The Labute approximate surface area is 157 Å². The number of rotatable bonds is 7. The van der Waals surface area contributed by atoms with Crippen LogP contribution in [0.5, 0.6) is 0 Å². The average molecular weight is 399 g/mol. The molecule has 8 heteroatoms. The van der Waals surface area contributed by atoms with Gasteiger partial charge in [0.25, 0.3) is 5.91 Å². The summed E-state index contributed by atoms with van der Waals surface area (Å²) in [5.41, 5.74) is 0.0656. The quantitative estimate of drug-likeness (QED) is 0.734. The molecule has 0 heterocycles. The minimum Gasteiger partial charge on any atom is -0.319 e. The van der Waals surface area contributed by atoms with Gasteiger partial charge in [0.15, 0.2) is 0 Å². The highest BCUT2D eigenvalue weighted by molar-refractivity contribution is 7.89. The number of anilines is 1. The summed E-state index contributed by atoms with van der Waals surface area (Å²) < 4.78 is 41.4. The Morgan fingerprint density at radius 3 is 2.54 bits per heavy atom. The van der Waals surface area contributed by atoms with Crippen LogP contribution in [0, 0.1) is 5.82 Å². The van der Waals surface area contributed by atoms with Gasteiger partial charge >= 0.3 is 0 Å². The van der Waals surface area contributed by atoms with Crippen molar-refractivity contribution in [1.82, 2.24) is 4.72 Å². The zero-order valence-electron chi connectivity index (χ0n) is 14.4. The lowest BCUT2D eigenvalue weighted by Gasteiger charge is -2.14. The molecule has 0 saturated carbocycles. The molecule has 0 aliphatic carbocycles. The number of carbonyl (C=O) groups is 1. The fourth-order valence-corrected chi connectivity index (χ4v) is 3.94. The number of sulfonamides is 1. The monoisotopic (exact) mass is 398 g/mol. The Morgan fingerprint density at radius 1 is 1.23 bits per heavy atom. The molecule has 0 saturated heterocycles. The van der Waals surface area contributed by atoms with E-state index in [1.54, 1.807) is 25.1 Å². The van der Waals surface area contributed by atoms with Crippen molar-refractivity contribution in [2.45, 2.75) is 37.6 Å². The van der Waals surface area contributed by atoms with Crippen LogP contribution in [0.3, 0.4) is 0 Å². The first-order chi connectivity index (χ1) is 12.2. The summed E-state index contributed by atoms with van der Waals surface area (Å²) in [6.45, 7) is 3.69. The lowest BCUT2D eigenvalue weighted by atomic mass is 10.2. The second kappa shape index (κ2) is 8.62. The molecule has 0 bridgehead atoms. The number of amides is 1. The van der Waals surface area contributed by atoms with E-state index >= 15 is 0 Å². The van der Waals surface area contributed by atoms with Crippen LogP contribution in [0.15, 0.2) is 47.4 Å². The van der Waals surface area contributed by atoms with Crippen LogP contribution >= 0.6 is 11.6 Å². The molecule has 140 valence electrons. The minimum absolute atomic E-state index is 0.129. The molecule has 2 rings (SSSR count). The van der Waals surface area contributed by atoms with Gasteiger partial charge in [0.2, 0.25) is 10.0 Å². The fraction of sp³-hybridized carbons (Fsp3) is 0.278. The SMILES string of the molecule is CCCC(C)NS(=O)(=O)c1ccc(NC(=O)c2ccccc2Cl)c(F)c1. The van der Waals surface area contributed by atoms with E-state index < -0.39 is 21.7 Å². The molecule has 0 aliphatic heterocycles. The summed E-state index contributed by atoms with van der Waals surface area (Å²) in [5.74, 6) is -1.43. The third-order valence-corrected chi connectivity index (χ3v) is 5.61. The Balaban J connectivity index is 2.19. The summed E-state index contributed by atoms with van der Waals surface area (Å²) in [5, 5.41) is 2.63. The van der Waals surface area contributed by atoms with Crippen LogP contribution in [-0.2, 0) is 10.0 Å². The van der Waals surface area contributed by atoms with E-state index in [0.29, 0.717) is 6.42 Å². The second-order valence-electron chi connectivity index (χ2n) is 5.89. The molecule has 1 atom stereocenters. The highest BCUT2D eigenvalue weighted by Gasteiger charge is 2.19. The lowest BCUT2D eigenvalue weighted by Crippen LogP contribution is -2.32. The maximum absolute atomic E-state index is 14.3. The maximum Gasteiger partial charge on any atom is 0.257 e. The third-order valence-electron chi connectivity index (χ3n) is 3.70. The van der Waals surface area contributed by atoms with Crippen molar-refractivity contribution in [3.63, 3.8) is 0 Å². The minimum atomic E-state index is -3.83. The Morgan fingerprint density at radius 2 is 1.92 bits per heavy atom. The van der Waals surface area contributed by atoms with Gasteiger partial charge in [-0.1, -0.05) is 37.1 Å². The van der Waals surface area contributed by atoms with E-state index in [4.69, 9.17) is 11.6 Å². The van der Waals surface area contributed by atoms with E-state index in [1.165, 1.54) is 18.2 Å². The normalized spacial score (nSPS) is 12.6. The standard InChI is InChI=1S/C18H20ClFN2O3S/c1-3-6-12(2)22-26(24,25)13-9-10-17(16(20)11-13)21-18(23)14-7-4-5-8-15(14)19/h4-5,7-12,22H,3,6H2,1-2H3,(H,21,23). The zero-order valence-corrected chi connectivity index (χ0v) is 16.0. The van der Waals surface area contributed by atoms with E-state index in [0.717, 1.165) is 12.5 Å². The van der Waals surface area contributed by atoms with Crippen molar-refractivity contribution in [2.24, 2.45) is 0 Å². The van der Waals surface area contributed by atoms with Gasteiger partial charge in [-0.2, -0.15) is 0 Å². The summed E-state index contributed by atoms with van der Waals surface area (Å²) >= 11 is 5.94. The van der Waals surface area contributed by atoms with Crippen molar-refractivity contribution in [2.75, 3.05) is 5.32 Å². The number of hydrogen-bond acceptors (Lipinski definition) is 3. The fourth-order valence-electron chi connectivity index (χ4n) is 2.42. The van der Waals surface area contributed by atoms with E-state index in [-0.39, 0.29) is 27.2 Å². The number of nitrogens with one attached hydrogen (secondary N) is 2. The van der Waals surface area contributed by atoms with Crippen LogP contribution in [-0.4, -0.2) is 20.4 Å². The van der Waals surface area contributed by atoms with Crippen molar-refractivity contribution in [3.05, 3.63) is 58.9 Å². The molecule has 0 radical (unpaired) electrons. The second-order valence-corrected chi connectivity index (χ2v) is 8.01. The van der Waals surface area contributed by atoms with Crippen LogP contribution in [0.4, 0.5) is 10.1 Å². The van der Waals surface area contributed by atoms with E-state index in [9.17, 15) is 17.6 Å². The average Bonchev–Trinajstić information content (AvgIpc) is 2.56. The van der Waals surface area contributed by atoms with Crippen LogP contribution in [0.2, 0.25) is 5.02 Å². The summed E-state index contributed by atoms with van der Waals surface area (Å²) in [6, 6.07) is 9.44. The topological polar surface area (TPSA) is 75.3 Å². The largest absolute Gasteiger partial charge is 0.319 e. The molecular weight excluding hydrogens is 379 g/mol. The number of hydrogen-bond donors (Lipinski definition) is 2. The van der Waals surface area contributed by atoms with Crippen molar-refractivity contribution < 1.29 is 17.6 Å². The van der Waals surface area contributed by atoms with Crippen molar-refractivity contribution in [1.29, 1.82) is 0 Å². The molecule has 0 spiro atoms. The summed E-state index contributed by atoms with van der Waals surface area (Å²) in [7, 11) is -3.83. The first kappa shape index (κ1) is 20.4. The van der Waals surface area contributed by atoms with Crippen LogP contribution < -0.4 is 10.0 Å². The molecule has 2 N–H and O–H groups in total. The molecule has 0 fully saturated rings. The molecule has 1 amide bonds. The predicted molar refractivity (Wildman–Crippen MR) is 100 cm³/mol. The maximum atomic E-state index is 14.3. The molecule has 2 aromatic rings. The number of benzene rings is 2.